The molecule has 18 amide bonds. The number of nitrogens with zero attached hydrogens (tertiary/aromatic N) is 7. The van der Waals surface area contributed by atoms with Crippen molar-refractivity contribution in [2.45, 2.75) is 196 Å². The van der Waals surface area contributed by atoms with Crippen molar-refractivity contribution in [2.24, 2.45) is 0 Å². The number of nitrogens with one attached hydrogen (secondary N) is 6. The topological polar surface area (TPSA) is 477 Å². The third kappa shape index (κ3) is 46.6. The molecule has 1 aromatic heterocycles. The summed E-state index contributed by atoms with van der Waals surface area (Å²) in [6.07, 6.45) is 6.22. The molecular formula is C83H91F4N13O18W6. The van der Waals surface area contributed by atoms with Crippen LogP contribution in [0.25, 0.3) is 31.9 Å². The summed E-state index contributed by atoms with van der Waals surface area (Å²) >= 11 is 0. The number of amides is 18. The third-order valence-electron chi connectivity index (χ3n) is 14.7. The van der Waals surface area contributed by atoms with Crippen molar-refractivity contribution in [1.29, 1.82) is 0 Å². The third-order valence-corrected chi connectivity index (χ3v) is 14.7. The van der Waals surface area contributed by atoms with Crippen LogP contribution in [0.2, 0.25) is 0 Å². The molecule has 5 aromatic carbocycles. The van der Waals surface area contributed by atoms with E-state index >= 15 is 0 Å². The molecule has 660 valence electrons. The van der Waals surface area contributed by atoms with Crippen molar-refractivity contribution in [3.05, 3.63) is 240 Å². The van der Waals surface area contributed by atoms with Crippen molar-refractivity contribution in [1.82, 2.24) is 36.9 Å². The Morgan fingerprint density at radius 1 is 0.323 bits per heavy atom. The number of imide groups is 6. The molecule has 6 fully saturated rings. The number of hydrogen-bond acceptors (Lipinski definition) is 19. The second-order valence-corrected chi connectivity index (χ2v) is 22.5. The van der Waals surface area contributed by atoms with Crippen LogP contribution in [0.15, 0.2) is 115 Å². The fraction of sp³-hybridized carbons (Fsp3) is 0.361. The molecule has 0 saturated carbocycles. The maximum atomic E-state index is 13.3. The monoisotopic (exact) mass is 2740 g/mol. The Kier molecular flexibility index (Phi) is 71.9. The summed E-state index contributed by atoms with van der Waals surface area (Å²) in [6.45, 7) is 24.0. The van der Waals surface area contributed by atoms with Gasteiger partial charge in [0, 0.05) is 61.8 Å². The van der Waals surface area contributed by atoms with Crippen LogP contribution in [-0.4, -0.2) is 148 Å². The van der Waals surface area contributed by atoms with E-state index in [2.05, 4.69) is 105 Å². The molecule has 0 radical (unpaired) electrons. The van der Waals surface area contributed by atoms with Gasteiger partial charge in [-0.05, 0) is 116 Å². The molecule has 6 aliphatic rings. The molecule has 31 nitrogen and oxygen atoms in total. The molecule has 0 aliphatic carbocycles. The summed E-state index contributed by atoms with van der Waals surface area (Å²) in [4.78, 5) is 207. The number of benzene rings is 5. The minimum absolute atomic E-state index is 0. The average molecular weight is 2740 g/mol. The smallest absolute Gasteiger partial charge is 0.684 e. The minimum atomic E-state index is -0.941. The molecule has 6 unspecified atom stereocenters. The zero-order chi connectivity index (χ0) is 89.0. The molecule has 41 heteroatoms. The van der Waals surface area contributed by atoms with E-state index in [9.17, 15) is 104 Å². The average Bonchev–Trinajstić information content (AvgIpc) is 0.827. The van der Waals surface area contributed by atoms with Crippen molar-refractivity contribution < 1.29 is 230 Å². The summed E-state index contributed by atoms with van der Waals surface area (Å²) < 4.78 is 51.7. The summed E-state index contributed by atoms with van der Waals surface area (Å²) in [5, 5.41) is 34.8. The molecule has 0 spiro atoms. The van der Waals surface area contributed by atoms with Crippen LogP contribution >= 0.6 is 0 Å². The predicted molar refractivity (Wildman–Crippen MR) is 421 cm³/mol. The molecular weight excluding hydrogens is 2650 g/mol. The molecule has 7 heterocycles. The molecule has 0 bridgehead atoms. The molecule has 6 saturated heterocycles. The van der Waals surface area contributed by atoms with Gasteiger partial charge in [-0.1, -0.05) is 94.8 Å². The maximum Gasteiger partial charge on any atom is 2.00 e. The Labute approximate surface area is 803 Å². The van der Waals surface area contributed by atoms with E-state index in [4.69, 9.17) is 0 Å². The van der Waals surface area contributed by atoms with Crippen LogP contribution in [0.4, 0.5) is 17.6 Å². The fourth-order valence-electron chi connectivity index (χ4n) is 9.31. The zero-order valence-electron chi connectivity index (χ0n) is 69.4. The number of carbonyl (C=O) groups excluding carboxylic acids is 18. The second kappa shape index (κ2) is 71.0. The zero-order valence-corrected chi connectivity index (χ0v) is 87.0. The maximum absolute atomic E-state index is 13.3. The number of hydrogen-bond donors (Lipinski definition) is 6. The Morgan fingerprint density at radius 2 is 0.645 bits per heavy atom. The van der Waals surface area contributed by atoms with Gasteiger partial charge in [0.2, 0.25) is 70.9 Å². The van der Waals surface area contributed by atoms with Gasteiger partial charge in [0.25, 0.3) is 0 Å². The number of pyridine rings is 1. The standard InChI is InChI=1S/4C12H10FN2O3.C12H11N2O3.C11H10N3O3.6C2H6.6W/c13-8-3-1-7(2-4-8)11(17)14-9-5-6-10(16)15-12(9)18;2*13-8-3-1-2-7(6-8)11(17)14-9-4-5-10(16)15-12(9)18;13-8-4-2-1-3-7(8)11(17)14-9-5-6-10(16)15-12(9)18;15-10-7-6-9(12(17)14-10)13-11(16)8-4-2-1-3-5-8;15-9-4-3-8(11(17)14-9)13-10(16)7-2-1-5-12-6-7;6*1-2;;;;;;/h1,3-4,9H,5-6H2,(H2,14,15,16,17,18);1,3,6,9H,4-5H2,(H2,14,15,16,17,18);1-3,9H,4-5H2,(H2,14,15,16,17,18);1-2,4,9H,5-6H2,(H2,14,15,16,17,18);1-4,9H,6-7H2,(H2,13,14,15,16,17);1-2,5,8H,3-4H2,(H2,13,14,15,16,17);6*1-2H3;;;;;;/q6*-1;;;;;;;6*+2/p-6. The molecule has 6 N–H and O–H groups in total. The number of rotatable bonds is 12. The van der Waals surface area contributed by atoms with Gasteiger partial charge in [-0.2, -0.15) is 0 Å². The van der Waals surface area contributed by atoms with E-state index in [1.165, 1.54) is 48.7 Å². The van der Waals surface area contributed by atoms with Gasteiger partial charge in [-0.3, -0.25) is 98.2 Å². The van der Waals surface area contributed by atoms with E-state index in [0.717, 1.165) is 36.4 Å². The Hall–Kier alpha value is -9.24. The van der Waals surface area contributed by atoms with E-state index < -0.39 is 136 Å². The van der Waals surface area contributed by atoms with Crippen molar-refractivity contribution in [3.8, 4) is 0 Å². The van der Waals surface area contributed by atoms with Crippen LogP contribution in [0, 0.1) is 59.8 Å². The first-order valence-corrected chi connectivity index (χ1v) is 37.6. The van der Waals surface area contributed by atoms with E-state index in [0.29, 0.717) is 5.56 Å². The minimum Gasteiger partial charge on any atom is -0.684 e. The van der Waals surface area contributed by atoms with Crippen LogP contribution in [0.5, 0.6) is 0 Å². The predicted octanol–water partition coefficient (Wildman–Crippen LogP) is 10.9. The van der Waals surface area contributed by atoms with Gasteiger partial charge in [0.1, 0.15) is 0 Å². The van der Waals surface area contributed by atoms with Crippen molar-refractivity contribution >= 4 is 106 Å². The van der Waals surface area contributed by atoms with E-state index in [1.807, 2.05) is 83.1 Å². The van der Waals surface area contributed by atoms with E-state index in [1.54, 1.807) is 30.3 Å². The number of carbonyl (C=O) groups is 18. The van der Waals surface area contributed by atoms with E-state index in [-0.39, 0.29) is 261 Å². The summed E-state index contributed by atoms with van der Waals surface area (Å²) in [5.74, 6) is -12.1. The van der Waals surface area contributed by atoms with Crippen LogP contribution in [-0.2, 0) is 184 Å². The van der Waals surface area contributed by atoms with Gasteiger partial charge in [-0.25, -0.2) is 8.78 Å². The first-order chi connectivity index (χ1) is 56.6. The van der Waals surface area contributed by atoms with Gasteiger partial charge in [-0.15, -0.1) is 167 Å². The van der Waals surface area contributed by atoms with Crippen molar-refractivity contribution in [3.63, 3.8) is 0 Å². The molecule has 12 rings (SSSR count). The number of aromatic nitrogens is 1. The van der Waals surface area contributed by atoms with Gasteiger partial charge >= 0.3 is 126 Å². The van der Waals surface area contributed by atoms with Crippen LogP contribution < -0.4 is 31.9 Å². The summed E-state index contributed by atoms with van der Waals surface area (Å²) in [5.41, 5.74) is 0.220. The molecule has 6 atom stereocenters. The normalized spacial score (nSPS) is 16.9. The van der Waals surface area contributed by atoms with Gasteiger partial charge in [0.05, 0.1) is 0 Å². The number of halogens is 4. The fourth-order valence-corrected chi connectivity index (χ4v) is 9.31. The molecule has 6 aliphatic heterocycles. The van der Waals surface area contributed by atoms with Crippen LogP contribution in [0.1, 0.15) is 222 Å². The number of piperidine rings is 6. The molecule has 6 aromatic rings. The second-order valence-electron chi connectivity index (χ2n) is 22.5. The van der Waals surface area contributed by atoms with Crippen LogP contribution in [0.3, 0.4) is 0 Å². The first kappa shape index (κ1) is 126. The quantitative estimate of drug-likeness (QED) is 0.0376. The Balaban J connectivity index is -0.000000325. The van der Waals surface area contributed by atoms with Gasteiger partial charge < -0.3 is 65.7 Å². The SMILES string of the molecule is CC.CC.CC.CC.CC.CC.O=C1CCC([N-]C(=O)c2[c-]c(F)ccc2)C(=O)N1.O=C1CCC([N-]C(=O)c2[c-]cc(F)cc2)C(=O)N1.O=C1CCC([N-]C(=O)c2[c-]ccc(F)c2)C(=O)N1.O=C1CCC([N-]C(=O)c2[c-]cccc2)C(=O)N1.O=C1CCC([N-]C(=O)c2[c-]cccc2F)C(=O)N1.O=C1CCC([N-]C(=O)c2[c-]nccc2)C(=O)N1.[W+2].[W+2].[W+2].[W+2].[W+2].[W+2]. The Bertz CT molecular complexity index is 4240. The first-order valence-electron chi connectivity index (χ1n) is 37.6. The van der Waals surface area contributed by atoms with Crippen molar-refractivity contribution in [2.75, 3.05) is 0 Å². The Morgan fingerprint density at radius 3 is 0.960 bits per heavy atom. The summed E-state index contributed by atoms with van der Waals surface area (Å²) in [6, 6.07) is 31.5. The summed E-state index contributed by atoms with van der Waals surface area (Å²) in [7, 11) is 0. The van der Waals surface area contributed by atoms with Gasteiger partial charge in [0.15, 0.2) is 0 Å². The largest absolute Gasteiger partial charge is 2.00 e. The molecule has 124 heavy (non-hydrogen) atoms.